The Labute approximate surface area is 90.2 Å². The van der Waals surface area contributed by atoms with Crippen molar-refractivity contribution in [3.63, 3.8) is 0 Å². The highest BCUT2D eigenvalue weighted by molar-refractivity contribution is 5.71. The summed E-state index contributed by atoms with van der Waals surface area (Å²) in [6.45, 7) is 2.69. The maximum atomic E-state index is 11.4. The molecule has 1 aromatic carbocycles. The molecule has 0 aliphatic heterocycles. The van der Waals surface area contributed by atoms with Crippen LogP contribution in [-0.4, -0.2) is 12.5 Å². The van der Waals surface area contributed by atoms with E-state index in [0.29, 0.717) is 19.6 Å². The summed E-state index contributed by atoms with van der Waals surface area (Å²) in [6.07, 6.45) is 0.674. The van der Waals surface area contributed by atoms with Crippen LogP contribution in [0.15, 0.2) is 30.3 Å². The van der Waals surface area contributed by atoms with Crippen molar-refractivity contribution in [2.24, 2.45) is 11.7 Å². The first-order valence-corrected chi connectivity index (χ1v) is 5.14. The lowest BCUT2D eigenvalue weighted by Gasteiger charge is -2.10. The van der Waals surface area contributed by atoms with E-state index in [1.54, 1.807) is 0 Å². The predicted octanol–water partition coefficient (Wildman–Crippen LogP) is 1.71. The fourth-order valence-corrected chi connectivity index (χ4v) is 1.24. The van der Waals surface area contributed by atoms with Crippen molar-refractivity contribution in [2.45, 2.75) is 20.0 Å². The van der Waals surface area contributed by atoms with Crippen LogP contribution >= 0.6 is 0 Å². The quantitative estimate of drug-likeness (QED) is 0.748. The number of hydrogen-bond donors (Lipinski definition) is 1. The predicted molar refractivity (Wildman–Crippen MR) is 59.1 cm³/mol. The minimum Gasteiger partial charge on any atom is -0.461 e. The van der Waals surface area contributed by atoms with Crippen LogP contribution < -0.4 is 5.73 Å². The second-order valence-electron chi connectivity index (χ2n) is 3.57. The summed E-state index contributed by atoms with van der Waals surface area (Å²) in [4.78, 5) is 11.4. The summed E-state index contributed by atoms with van der Waals surface area (Å²) >= 11 is 0. The molecule has 1 atom stereocenters. The van der Waals surface area contributed by atoms with Crippen molar-refractivity contribution in [3.05, 3.63) is 35.9 Å². The Bertz CT molecular complexity index is 298. The molecule has 0 aliphatic carbocycles. The summed E-state index contributed by atoms with van der Waals surface area (Å²) in [6, 6.07) is 9.64. The van der Waals surface area contributed by atoms with Crippen LogP contribution in [0.3, 0.4) is 0 Å². The molecule has 0 unspecified atom stereocenters. The van der Waals surface area contributed by atoms with Gasteiger partial charge in [-0.1, -0.05) is 37.3 Å². The van der Waals surface area contributed by atoms with Gasteiger partial charge < -0.3 is 10.5 Å². The van der Waals surface area contributed by atoms with Gasteiger partial charge in [0.1, 0.15) is 6.61 Å². The van der Waals surface area contributed by atoms with Crippen molar-refractivity contribution < 1.29 is 9.53 Å². The Morgan fingerprint density at radius 2 is 2.07 bits per heavy atom. The van der Waals surface area contributed by atoms with E-state index in [9.17, 15) is 4.79 Å². The number of carbonyl (C=O) groups is 1. The van der Waals surface area contributed by atoms with Crippen molar-refractivity contribution >= 4 is 5.97 Å². The number of nitrogens with two attached hydrogens (primary N) is 1. The SMILES string of the molecule is C[C@H](CCN)C(=O)OCc1ccccc1. The number of ether oxygens (including phenoxy) is 1. The molecule has 2 N–H and O–H groups in total. The molecule has 0 saturated carbocycles. The molecule has 3 heteroatoms. The molecule has 15 heavy (non-hydrogen) atoms. The summed E-state index contributed by atoms with van der Waals surface area (Å²) < 4.78 is 5.15. The van der Waals surface area contributed by atoms with Crippen LogP contribution in [0.5, 0.6) is 0 Å². The molecule has 0 spiro atoms. The van der Waals surface area contributed by atoms with Crippen molar-refractivity contribution in [3.8, 4) is 0 Å². The number of rotatable bonds is 5. The molecular weight excluding hydrogens is 190 g/mol. The van der Waals surface area contributed by atoms with Crippen molar-refractivity contribution in [2.75, 3.05) is 6.54 Å². The van der Waals surface area contributed by atoms with Gasteiger partial charge in [-0.15, -0.1) is 0 Å². The maximum absolute atomic E-state index is 11.4. The van der Waals surface area contributed by atoms with Gasteiger partial charge in [-0.3, -0.25) is 4.79 Å². The van der Waals surface area contributed by atoms with Gasteiger partial charge in [-0.2, -0.15) is 0 Å². The first-order valence-electron chi connectivity index (χ1n) is 5.14. The second kappa shape index (κ2) is 6.19. The summed E-state index contributed by atoms with van der Waals surface area (Å²) in [5.41, 5.74) is 6.37. The van der Waals surface area contributed by atoms with Crippen LogP contribution in [0.25, 0.3) is 0 Å². The van der Waals surface area contributed by atoms with Gasteiger partial charge in [0.2, 0.25) is 0 Å². The van der Waals surface area contributed by atoms with Gasteiger partial charge in [0, 0.05) is 0 Å². The lowest BCUT2D eigenvalue weighted by Crippen LogP contribution is -2.18. The Hall–Kier alpha value is -1.35. The second-order valence-corrected chi connectivity index (χ2v) is 3.57. The van der Waals surface area contributed by atoms with E-state index < -0.39 is 0 Å². The number of carbonyl (C=O) groups excluding carboxylic acids is 1. The van der Waals surface area contributed by atoms with Crippen LogP contribution in [0, 0.1) is 5.92 Å². The zero-order valence-corrected chi connectivity index (χ0v) is 8.98. The van der Waals surface area contributed by atoms with Crippen LogP contribution in [0.4, 0.5) is 0 Å². The van der Waals surface area contributed by atoms with Gasteiger partial charge in [0.25, 0.3) is 0 Å². The third-order valence-corrected chi connectivity index (χ3v) is 2.23. The van der Waals surface area contributed by atoms with Crippen molar-refractivity contribution in [1.82, 2.24) is 0 Å². The maximum Gasteiger partial charge on any atom is 0.309 e. The molecule has 0 radical (unpaired) electrons. The summed E-state index contributed by atoms with van der Waals surface area (Å²) in [7, 11) is 0. The molecule has 1 rings (SSSR count). The molecule has 0 bridgehead atoms. The fourth-order valence-electron chi connectivity index (χ4n) is 1.24. The monoisotopic (exact) mass is 207 g/mol. The van der Waals surface area contributed by atoms with E-state index in [0.717, 1.165) is 5.56 Å². The fraction of sp³-hybridized carbons (Fsp3) is 0.417. The molecular formula is C12H17NO2. The van der Waals surface area contributed by atoms with E-state index in [2.05, 4.69) is 0 Å². The van der Waals surface area contributed by atoms with E-state index in [1.165, 1.54) is 0 Å². The molecule has 0 heterocycles. The molecule has 0 amide bonds. The third-order valence-electron chi connectivity index (χ3n) is 2.23. The van der Waals surface area contributed by atoms with E-state index in [1.807, 2.05) is 37.3 Å². The lowest BCUT2D eigenvalue weighted by atomic mass is 10.1. The Morgan fingerprint density at radius 1 is 1.40 bits per heavy atom. The van der Waals surface area contributed by atoms with E-state index in [4.69, 9.17) is 10.5 Å². The highest BCUT2D eigenvalue weighted by atomic mass is 16.5. The normalized spacial score (nSPS) is 12.1. The van der Waals surface area contributed by atoms with Crippen molar-refractivity contribution in [1.29, 1.82) is 0 Å². The molecule has 3 nitrogen and oxygen atoms in total. The zero-order valence-electron chi connectivity index (χ0n) is 8.98. The van der Waals surface area contributed by atoms with Gasteiger partial charge in [0.15, 0.2) is 0 Å². The van der Waals surface area contributed by atoms with Gasteiger partial charge >= 0.3 is 5.97 Å². The molecule has 0 aromatic heterocycles. The Morgan fingerprint density at radius 3 is 2.67 bits per heavy atom. The Kier molecular flexibility index (Phi) is 4.84. The first-order chi connectivity index (χ1) is 7.24. The van der Waals surface area contributed by atoms with Gasteiger partial charge in [0.05, 0.1) is 5.92 Å². The van der Waals surface area contributed by atoms with E-state index >= 15 is 0 Å². The molecule has 0 fully saturated rings. The average Bonchev–Trinajstić information content (AvgIpc) is 2.27. The number of benzene rings is 1. The molecule has 82 valence electrons. The molecule has 0 aliphatic rings. The minimum atomic E-state index is -0.177. The minimum absolute atomic E-state index is 0.112. The third kappa shape index (κ3) is 4.13. The number of esters is 1. The smallest absolute Gasteiger partial charge is 0.309 e. The highest BCUT2D eigenvalue weighted by Gasteiger charge is 2.12. The topological polar surface area (TPSA) is 52.3 Å². The van der Waals surface area contributed by atoms with Crippen LogP contribution in [-0.2, 0) is 16.1 Å². The van der Waals surface area contributed by atoms with Gasteiger partial charge in [-0.05, 0) is 18.5 Å². The highest BCUT2D eigenvalue weighted by Crippen LogP contribution is 2.06. The van der Waals surface area contributed by atoms with Crippen LogP contribution in [0.1, 0.15) is 18.9 Å². The standard InChI is InChI=1S/C12H17NO2/c1-10(7-8-13)12(14)15-9-11-5-3-2-4-6-11/h2-6,10H,7-9,13H2,1H3/t10-/m1/s1. The zero-order chi connectivity index (χ0) is 11.1. The summed E-state index contributed by atoms with van der Waals surface area (Å²) in [5, 5.41) is 0. The lowest BCUT2D eigenvalue weighted by molar-refractivity contribution is -0.149. The number of hydrogen-bond acceptors (Lipinski definition) is 3. The van der Waals surface area contributed by atoms with Gasteiger partial charge in [-0.25, -0.2) is 0 Å². The first kappa shape index (κ1) is 11.7. The average molecular weight is 207 g/mol. The Balaban J connectivity index is 2.34. The van der Waals surface area contributed by atoms with E-state index in [-0.39, 0.29) is 11.9 Å². The molecule has 1 aromatic rings. The molecule has 0 saturated heterocycles. The van der Waals surface area contributed by atoms with Crippen LogP contribution in [0.2, 0.25) is 0 Å². The largest absolute Gasteiger partial charge is 0.461 e. The summed E-state index contributed by atoms with van der Waals surface area (Å²) in [5.74, 6) is -0.289.